The molecule has 1 aromatic carbocycles. The molecule has 0 aliphatic rings. The molecule has 0 fully saturated rings. The average molecular weight is 344 g/mol. The van der Waals surface area contributed by atoms with E-state index in [9.17, 15) is 12.6 Å². The van der Waals surface area contributed by atoms with Gasteiger partial charge in [-0.3, -0.25) is 0 Å². The van der Waals surface area contributed by atoms with Crippen LogP contribution in [-0.4, -0.2) is 35.9 Å². The van der Waals surface area contributed by atoms with Crippen LogP contribution >= 0.6 is 23.2 Å². The predicted molar refractivity (Wildman–Crippen MR) is 80.1 cm³/mol. The second-order valence-electron chi connectivity index (χ2n) is 3.92. The third-order valence-electron chi connectivity index (χ3n) is 2.35. The van der Waals surface area contributed by atoms with Gasteiger partial charge in [0.1, 0.15) is 0 Å². The molecule has 1 aromatic rings. The average Bonchev–Trinajstić information content (AvgIpc) is 2.28. The molecule has 0 saturated heterocycles. The fraction of sp³-hybridized carbons (Fsp3) is 0.455. The van der Waals surface area contributed by atoms with Crippen LogP contribution in [0.4, 0.5) is 0 Å². The molecule has 8 heteroatoms. The number of benzene rings is 1. The zero-order chi connectivity index (χ0) is 14.5. The molecule has 0 radical (unpaired) electrons. The van der Waals surface area contributed by atoms with Crippen molar-refractivity contribution in [3.8, 4) is 0 Å². The molecule has 0 aliphatic carbocycles. The summed E-state index contributed by atoms with van der Waals surface area (Å²) in [6.07, 6.45) is 0. The number of halogens is 2. The topological polar surface area (TPSA) is 63.6 Å². The Kier molecular flexibility index (Phi) is 6.11. The molecule has 0 unspecified atom stereocenters. The first-order valence-electron chi connectivity index (χ1n) is 5.50. The van der Waals surface area contributed by atoms with Crippen LogP contribution < -0.4 is 0 Å². The van der Waals surface area contributed by atoms with Crippen LogP contribution in [0, 0.1) is 6.92 Å². The molecule has 0 heterocycles. The minimum atomic E-state index is -3.95. The molecular formula is C11H15Cl2NO3S2. The molecule has 0 amide bonds. The summed E-state index contributed by atoms with van der Waals surface area (Å²) in [6, 6.07) is 6.20. The number of sulfonamides is 1. The predicted octanol–water partition coefficient (Wildman–Crippen LogP) is 2.63. The summed E-state index contributed by atoms with van der Waals surface area (Å²) in [7, 11) is -6.88. The molecule has 0 spiro atoms. The van der Waals surface area contributed by atoms with E-state index >= 15 is 0 Å². The van der Waals surface area contributed by atoms with E-state index in [1.165, 1.54) is 12.1 Å². The van der Waals surface area contributed by atoms with Gasteiger partial charge in [0.2, 0.25) is 0 Å². The van der Waals surface area contributed by atoms with Gasteiger partial charge in [0.05, 0.1) is 14.6 Å². The van der Waals surface area contributed by atoms with Crippen LogP contribution in [0.5, 0.6) is 0 Å². The Morgan fingerprint density at radius 3 is 1.89 bits per heavy atom. The van der Waals surface area contributed by atoms with Gasteiger partial charge >= 0.3 is 0 Å². The highest BCUT2D eigenvalue weighted by Crippen LogP contribution is 2.16. The lowest BCUT2D eigenvalue weighted by atomic mass is 10.2. The fourth-order valence-corrected chi connectivity index (χ4v) is 6.33. The van der Waals surface area contributed by atoms with Crippen LogP contribution in [0.3, 0.4) is 0 Å². The van der Waals surface area contributed by atoms with Crippen LogP contribution in [0.2, 0.25) is 0 Å². The number of nitrogens with zero attached hydrogens (tertiary/aromatic N) is 1. The smallest absolute Gasteiger partial charge is 0.249 e. The van der Waals surface area contributed by atoms with E-state index in [0.717, 1.165) is 5.56 Å². The summed E-state index contributed by atoms with van der Waals surface area (Å²) in [5.74, 6) is 0.157. The van der Waals surface area contributed by atoms with Crippen molar-refractivity contribution in [1.82, 2.24) is 0 Å². The minimum absolute atomic E-state index is 0.00632. The molecule has 0 aromatic heterocycles. The van der Waals surface area contributed by atoms with Crippen molar-refractivity contribution >= 4 is 43.0 Å². The summed E-state index contributed by atoms with van der Waals surface area (Å²) >= 11 is 11.1. The van der Waals surface area contributed by atoms with Gasteiger partial charge in [0.25, 0.3) is 10.0 Å². The lowest BCUT2D eigenvalue weighted by molar-refractivity contribution is 0.598. The number of hydrogen-bond donors (Lipinski definition) is 0. The largest absolute Gasteiger partial charge is 0.290 e. The molecular weight excluding hydrogens is 329 g/mol. The Morgan fingerprint density at radius 2 is 1.47 bits per heavy atom. The Morgan fingerprint density at radius 1 is 1.00 bits per heavy atom. The molecule has 0 bridgehead atoms. The Hall–Kier alpha value is -0.300. The first-order valence-corrected chi connectivity index (χ1v) is 9.86. The quantitative estimate of drug-likeness (QED) is 0.745. The summed E-state index contributed by atoms with van der Waals surface area (Å²) in [4.78, 5) is 0.0231. The fourth-order valence-electron chi connectivity index (χ4n) is 1.35. The maximum Gasteiger partial charge on any atom is 0.290 e. The minimum Gasteiger partial charge on any atom is -0.249 e. The Bertz CT molecular complexity index is 620. The van der Waals surface area contributed by atoms with E-state index in [1.807, 2.05) is 6.92 Å². The third-order valence-corrected chi connectivity index (χ3v) is 7.59. The van der Waals surface area contributed by atoms with Crippen molar-refractivity contribution < 1.29 is 12.6 Å². The second kappa shape index (κ2) is 6.92. The monoisotopic (exact) mass is 343 g/mol. The zero-order valence-electron chi connectivity index (χ0n) is 10.4. The van der Waals surface area contributed by atoms with Crippen LogP contribution in [0.15, 0.2) is 32.9 Å². The summed E-state index contributed by atoms with van der Waals surface area (Å²) < 4.78 is 40.0. The van der Waals surface area contributed by atoms with Gasteiger partial charge in [-0.15, -0.1) is 27.0 Å². The van der Waals surface area contributed by atoms with E-state index in [-0.39, 0.29) is 28.2 Å². The standard InChI is InChI=1S/C11H15Cl2NO3S2/c1-10-2-4-11(5-3-10)19(16,17)14-18(15,8-6-12)9-7-13/h2-5H,6-9H2,1H3. The van der Waals surface area contributed by atoms with Gasteiger partial charge in [-0.2, -0.15) is 8.42 Å². The molecule has 0 aliphatic heterocycles. The van der Waals surface area contributed by atoms with Crippen LogP contribution in [-0.2, 0) is 19.8 Å². The lowest BCUT2D eigenvalue weighted by Crippen LogP contribution is -2.15. The van der Waals surface area contributed by atoms with E-state index in [2.05, 4.69) is 3.77 Å². The third kappa shape index (κ3) is 4.95. The maximum absolute atomic E-state index is 12.3. The first-order chi connectivity index (χ1) is 8.83. The van der Waals surface area contributed by atoms with Gasteiger partial charge in [-0.25, -0.2) is 4.21 Å². The molecule has 19 heavy (non-hydrogen) atoms. The molecule has 108 valence electrons. The van der Waals surface area contributed by atoms with Gasteiger partial charge < -0.3 is 0 Å². The van der Waals surface area contributed by atoms with Crippen LogP contribution in [0.25, 0.3) is 0 Å². The maximum atomic E-state index is 12.3. The number of rotatable bonds is 6. The number of alkyl halides is 2. The summed E-state index contributed by atoms with van der Waals surface area (Å²) in [6.45, 7) is 1.84. The van der Waals surface area contributed by atoms with E-state index in [1.54, 1.807) is 12.1 Å². The highest BCUT2D eigenvalue weighted by molar-refractivity contribution is 8.03. The summed E-state index contributed by atoms with van der Waals surface area (Å²) in [5.41, 5.74) is 0.932. The highest BCUT2D eigenvalue weighted by atomic mass is 35.5. The normalized spacial score (nSPS) is 12.4. The van der Waals surface area contributed by atoms with E-state index in [4.69, 9.17) is 23.2 Å². The second-order valence-corrected chi connectivity index (χ2v) is 9.06. The Labute approximate surface area is 124 Å². The molecule has 0 N–H and O–H groups in total. The highest BCUT2D eigenvalue weighted by Gasteiger charge is 2.18. The molecule has 4 nitrogen and oxygen atoms in total. The van der Waals surface area contributed by atoms with Gasteiger partial charge in [-0.05, 0) is 19.1 Å². The van der Waals surface area contributed by atoms with E-state index in [0.29, 0.717) is 0 Å². The SMILES string of the molecule is Cc1ccc(S(=O)(=O)N=S(=O)(CCCl)CCCl)cc1. The number of hydrogen-bond acceptors (Lipinski definition) is 3. The lowest BCUT2D eigenvalue weighted by Gasteiger charge is -2.07. The van der Waals surface area contributed by atoms with Crippen molar-refractivity contribution in [2.24, 2.45) is 3.77 Å². The van der Waals surface area contributed by atoms with Gasteiger partial charge in [0, 0.05) is 23.3 Å². The number of aryl methyl sites for hydroxylation is 1. The zero-order valence-corrected chi connectivity index (χ0v) is 13.5. The van der Waals surface area contributed by atoms with Crippen molar-refractivity contribution in [3.05, 3.63) is 29.8 Å². The van der Waals surface area contributed by atoms with Crippen LogP contribution in [0.1, 0.15) is 5.56 Å². The molecule has 0 atom stereocenters. The van der Waals surface area contributed by atoms with Crippen molar-refractivity contribution in [2.75, 3.05) is 23.3 Å². The van der Waals surface area contributed by atoms with Gasteiger partial charge in [-0.1, -0.05) is 17.7 Å². The van der Waals surface area contributed by atoms with Crippen molar-refractivity contribution in [2.45, 2.75) is 11.8 Å². The van der Waals surface area contributed by atoms with Crippen molar-refractivity contribution in [3.63, 3.8) is 0 Å². The van der Waals surface area contributed by atoms with Crippen molar-refractivity contribution in [1.29, 1.82) is 0 Å². The summed E-state index contributed by atoms with van der Waals surface area (Å²) in [5, 5.41) is 0. The molecule has 1 rings (SSSR count). The first kappa shape index (κ1) is 16.8. The Balaban J connectivity index is 3.26. The van der Waals surface area contributed by atoms with Gasteiger partial charge in [0.15, 0.2) is 0 Å². The molecule has 0 saturated carbocycles. The van der Waals surface area contributed by atoms with E-state index < -0.39 is 19.8 Å².